The first kappa shape index (κ1) is 11.0. The van der Waals surface area contributed by atoms with Gasteiger partial charge in [0.05, 0.1) is 0 Å². The van der Waals surface area contributed by atoms with Gasteiger partial charge < -0.3 is 5.32 Å². The lowest BCUT2D eigenvalue weighted by Crippen LogP contribution is -2.23. The second-order valence-electron chi connectivity index (χ2n) is 3.71. The molecule has 1 nitrogen and oxygen atoms in total. The number of rotatable bonds is 5. The fourth-order valence-corrected chi connectivity index (χ4v) is 1.24. The minimum atomic E-state index is 0.583. The Hall–Kier alpha value is -1.08. The summed E-state index contributed by atoms with van der Waals surface area (Å²) in [7, 11) is 0. The van der Waals surface area contributed by atoms with Crippen LogP contribution >= 0.6 is 0 Å². The molecule has 1 N–H and O–H groups in total. The SMILES string of the molecule is CC(C)NCC/C=C/c1ccccc1. The normalized spacial score (nSPS) is 11.4. The molecule has 0 heterocycles. The van der Waals surface area contributed by atoms with Crippen LogP contribution in [0.4, 0.5) is 0 Å². The highest BCUT2D eigenvalue weighted by atomic mass is 14.9. The van der Waals surface area contributed by atoms with Crippen molar-refractivity contribution in [1.82, 2.24) is 5.32 Å². The fraction of sp³-hybridized carbons (Fsp3) is 0.385. The van der Waals surface area contributed by atoms with Crippen LogP contribution in [0, 0.1) is 0 Å². The Kier molecular flexibility index (Phi) is 5.02. The lowest BCUT2D eigenvalue weighted by atomic mass is 10.2. The van der Waals surface area contributed by atoms with Crippen molar-refractivity contribution < 1.29 is 0 Å². The van der Waals surface area contributed by atoms with Crippen molar-refractivity contribution in [3.8, 4) is 0 Å². The smallest absolute Gasteiger partial charge is 0.00105 e. The standard InChI is InChI=1S/C13H19N/c1-12(2)14-11-7-6-10-13-8-4-3-5-9-13/h3-6,8-10,12,14H,7,11H2,1-2H3/b10-6+. The summed E-state index contributed by atoms with van der Waals surface area (Å²) in [5, 5.41) is 3.38. The zero-order valence-electron chi connectivity index (χ0n) is 9.03. The van der Waals surface area contributed by atoms with Crippen LogP contribution in [-0.4, -0.2) is 12.6 Å². The summed E-state index contributed by atoms with van der Waals surface area (Å²) in [4.78, 5) is 0. The van der Waals surface area contributed by atoms with Crippen molar-refractivity contribution in [2.24, 2.45) is 0 Å². The lowest BCUT2D eigenvalue weighted by molar-refractivity contribution is 0.595. The third kappa shape index (κ3) is 4.83. The second-order valence-corrected chi connectivity index (χ2v) is 3.71. The van der Waals surface area contributed by atoms with Crippen molar-refractivity contribution >= 4 is 6.08 Å². The quantitative estimate of drug-likeness (QED) is 0.702. The van der Waals surface area contributed by atoms with Crippen LogP contribution in [0.1, 0.15) is 25.8 Å². The predicted octanol–water partition coefficient (Wildman–Crippen LogP) is 3.09. The topological polar surface area (TPSA) is 12.0 Å². The van der Waals surface area contributed by atoms with E-state index in [0.29, 0.717) is 6.04 Å². The van der Waals surface area contributed by atoms with E-state index in [-0.39, 0.29) is 0 Å². The Morgan fingerprint density at radius 2 is 1.93 bits per heavy atom. The van der Waals surface area contributed by atoms with Gasteiger partial charge in [0.1, 0.15) is 0 Å². The summed E-state index contributed by atoms with van der Waals surface area (Å²) in [6.07, 6.45) is 5.47. The van der Waals surface area contributed by atoms with Gasteiger partial charge in [0.2, 0.25) is 0 Å². The Morgan fingerprint density at radius 1 is 1.21 bits per heavy atom. The Labute approximate surface area is 86.8 Å². The van der Waals surface area contributed by atoms with E-state index in [1.54, 1.807) is 0 Å². The molecule has 0 bridgehead atoms. The molecule has 0 aliphatic carbocycles. The minimum absolute atomic E-state index is 0.583. The molecule has 0 saturated heterocycles. The van der Waals surface area contributed by atoms with Gasteiger partial charge in [0.15, 0.2) is 0 Å². The molecular weight excluding hydrogens is 170 g/mol. The third-order valence-corrected chi connectivity index (χ3v) is 1.97. The van der Waals surface area contributed by atoms with Crippen LogP contribution in [0.5, 0.6) is 0 Å². The largest absolute Gasteiger partial charge is 0.314 e. The van der Waals surface area contributed by atoms with Crippen molar-refractivity contribution in [3.05, 3.63) is 42.0 Å². The van der Waals surface area contributed by atoms with Crippen LogP contribution in [0.3, 0.4) is 0 Å². The maximum Gasteiger partial charge on any atom is 0.00105 e. The van der Waals surface area contributed by atoms with Gasteiger partial charge in [-0.1, -0.05) is 56.3 Å². The summed E-state index contributed by atoms with van der Waals surface area (Å²) >= 11 is 0. The Balaban J connectivity index is 2.21. The number of nitrogens with one attached hydrogen (secondary N) is 1. The molecule has 0 aliphatic heterocycles. The molecule has 1 heteroatoms. The highest BCUT2D eigenvalue weighted by Crippen LogP contribution is 2.01. The van der Waals surface area contributed by atoms with Crippen molar-refractivity contribution in [1.29, 1.82) is 0 Å². The van der Waals surface area contributed by atoms with Gasteiger partial charge in [-0.2, -0.15) is 0 Å². The number of hydrogen-bond acceptors (Lipinski definition) is 1. The van der Waals surface area contributed by atoms with Gasteiger partial charge in [-0.15, -0.1) is 0 Å². The summed E-state index contributed by atoms with van der Waals surface area (Å²) in [5.41, 5.74) is 1.28. The molecule has 0 unspecified atom stereocenters. The van der Waals surface area contributed by atoms with Gasteiger partial charge in [0, 0.05) is 6.04 Å². The number of benzene rings is 1. The second kappa shape index (κ2) is 6.39. The summed E-state index contributed by atoms with van der Waals surface area (Å²) in [6.45, 7) is 5.39. The molecule has 0 aromatic heterocycles. The van der Waals surface area contributed by atoms with Crippen LogP contribution in [0.15, 0.2) is 36.4 Å². The van der Waals surface area contributed by atoms with E-state index in [4.69, 9.17) is 0 Å². The van der Waals surface area contributed by atoms with Crippen LogP contribution in [-0.2, 0) is 0 Å². The van der Waals surface area contributed by atoms with Crippen molar-refractivity contribution in [2.75, 3.05) is 6.54 Å². The highest BCUT2D eigenvalue weighted by molar-refractivity contribution is 5.48. The molecule has 0 spiro atoms. The molecule has 1 aromatic carbocycles. The Morgan fingerprint density at radius 3 is 2.57 bits per heavy atom. The van der Waals surface area contributed by atoms with E-state index >= 15 is 0 Å². The monoisotopic (exact) mass is 189 g/mol. The first-order valence-electron chi connectivity index (χ1n) is 5.24. The zero-order chi connectivity index (χ0) is 10.2. The molecule has 0 atom stereocenters. The third-order valence-electron chi connectivity index (χ3n) is 1.97. The predicted molar refractivity (Wildman–Crippen MR) is 63.2 cm³/mol. The highest BCUT2D eigenvalue weighted by Gasteiger charge is 1.88. The molecule has 0 fully saturated rings. The van der Waals surface area contributed by atoms with Crippen LogP contribution < -0.4 is 5.32 Å². The van der Waals surface area contributed by atoms with Gasteiger partial charge in [-0.3, -0.25) is 0 Å². The molecule has 14 heavy (non-hydrogen) atoms. The van der Waals surface area contributed by atoms with Crippen LogP contribution in [0.2, 0.25) is 0 Å². The first-order chi connectivity index (χ1) is 6.79. The van der Waals surface area contributed by atoms with Crippen molar-refractivity contribution in [2.45, 2.75) is 26.3 Å². The van der Waals surface area contributed by atoms with Gasteiger partial charge in [0.25, 0.3) is 0 Å². The molecule has 1 aromatic rings. The summed E-state index contributed by atoms with van der Waals surface area (Å²) < 4.78 is 0. The maximum absolute atomic E-state index is 3.38. The van der Waals surface area contributed by atoms with E-state index in [9.17, 15) is 0 Å². The molecule has 0 radical (unpaired) electrons. The Bertz CT molecular complexity index is 262. The van der Waals surface area contributed by atoms with E-state index in [0.717, 1.165) is 13.0 Å². The van der Waals surface area contributed by atoms with E-state index < -0.39 is 0 Å². The fourth-order valence-electron chi connectivity index (χ4n) is 1.24. The molecule has 1 rings (SSSR count). The van der Waals surface area contributed by atoms with Gasteiger partial charge in [-0.25, -0.2) is 0 Å². The average molecular weight is 189 g/mol. The lowest BCUT2D eigenvalue weighted by Gasteiger charge is -2.04. The van der Waals surface area contributed by atoms with E-state index in [1.807, 2.05) is 6.07 Å². The average Bonchev–Trinajstić information content (AvgIpc) is 2.18. The minimum Gasteiger partial charge on any atom is -0.314 e. The van der Waals surface area contributed by atoms with E-state index in [1.165, 1.54) is 5.56 Å². The summed E-state index contributed by atoms with van der Waals surface area (Å²) in [6, 6.07) is 11.0. The molecule has 0 amide bonds. The van der Waals surface area contributed by atoms with Gasteiger partial charge >= 0.3 is 0 Å². The molecular formula is C13H19N. The van der Waals surface area contributed by atoms with Crippen LogP contribution in [0.25, 0.3) is 6.08 Å². The van der Waals surface area contributed by atoms with Gasteiger partial charge in [-0.05, 0) is 18.5 Å². The number of hydrogen-bond donors (Lipinski definition) is 1. The zero-order valence-corrected chi connectivity index (χ0v) is 9.03. The maximum atomic E-state index is 3.38. The van der Waals surface area contributed by atoms with E-state index in [2.05, 4.69) is 55.6 Å². The summed E-state index contributed by atoms with van der Waals surface area (Å²) in [5.74, 6) is 0. The molecule has 0 saturated carbocycles. The molecule has 0 aliphatic rings. The first-order valence-corrected chi connectivity index (χ1v) is 5.24. The molecule has 76 valence electrons. The van der Waals surface area contributed by atoms with Crippen molar-refractivity contribution in [3.63, 3.8) is 0 Å².